The van der Waals surface area contributed by atoms with E-state index >= 15 is 0 Å². The molecule has 0 aromatic heterocycles. The Morgan fingerprint density at radius 3 is 2.50 bits per heavy atom. The number of urea groups is 1. The van der Waals surface area contributed by atoms with Crippen molar-refractivity contribution in [2.75, 3.05) is 13.1 Å². The Labute approximate surface area is 61.2 Å². The quantitative estimate of drug-likeness (QED) is 0.578. The van der Waals surface area contributed by atoms with Crippen molar-refractivity contribution in [2.45, 2.75) is 20.3 Å². The monoisotopic (exact) mass is 142 g/mol. The summed E-state index contributed by atoms with van der Waals surface area (Å²) >= 11 is 0. The summed E-state index contributed by atoms with van der Waals surface area (Å²) in [5.41, 5.74) is 5.40. The van der Waals surface area contributed by atoms with Crippen molar-refractivity contribution in [1.29, 1.82) is 0 Å². The van der Waals surface area contributed by atoms with Crippen molar-refractivity contribution < 1.29 is 4.79 Å². The molecule has 0 aliphatic carbocycles. The van der Waals surface area contributed by atoms with Crippen molar-refractivity contribution in [3.63, 3.8) is 0 Å². The Morgan fingerprint density at radius 1 is 1.70 bits per heavy atom. The highest BCUT2D eigenvalue weighted by Gasteiger charge is 2.38. The summed E-state index contributed by atoms with van der Waals surface area (Å²) in [5.74, 6) is 0. The van der Waals surface area contributed by atoms with E-state index in [-0.39, 0.29) is 6.03 Å². The van der Waals surface area contributed by atoms with Gasteiger partial charge in [-0.15, -0.1) is 0 Å². The molecule has 3 nitrogen and oxygen atoms in total. The van der Waals surface area contributed by atoms with E-state index < -0.39 is 0 Å². The van der Waals surface area contributed by atoms with Gasteiger partial charge in [0.1, 0.15) is 0 Å². The second kappa shape index (κ2) is 2.15. The van der Waals surface area contributed by atoms with Crippen LogP contribution in [-0.4, -0.2) is 24.0 Å². The third kappa shape index (κ3) is 1.08. The van der Waals surface area contributed by atoms with Gasteiger partial charge in [0.05, 0.1) is 0 Å². The van der Waals surface area contributed by atoms with Gasteiger partial charge >= 0.3 is 6.03 Å². The second-order valence-electron chi connectivity index (χ2n) is 3.36. The van der Waals surface area contributed by atoms with Gasteiger partial charge in [0.25, 0.3) is 0 Å². The highest BCUT2D eigenvalue weighted by atomic mass is 16.2. The molecule has 0 atom stereocenters. The largest absolute Gasteiger partial charge is 0.351 e. The standard InChI is InChI=1S/C7H14N2O/c1-3-7(2)4-9(5-7)6(8)10/h3-5H2,1-2H3,(H2,8,10). The number of amides is 2. The summed E-state index contributed by atoms with van der Waals surface area (Å²) in [6.45, 7) is 5.97. The van der Waals surface area contributed by atoms with Gasteiger partial charge in [-0.25, -0.2) is 4.79 Å². The molecule has 1 saturated heterocycles. The predicted octanol–water partition coefficient (Wildman–Crippen LogP) is 0.797. The van der Waals surface area contributed by atoms with Crippen LogP contribution < -0.4 is 5.73 Å². The van der Waals surface area contributed by atoms with Crippen molar-refractivity contribution >= 4 is 6.03 Å². The zero-order valence-corrected chi connectivity index (χ0v) is 6.55. The van der Waals surface area contributed by atoms with Crippen LogP contribution in [-0.2, 0) is 0 Å². The van der Waals surface area contributed by atoms with Gasteiger partial charge < -0.3 is 10.6 Å². The fraction of sp³-hybridized carbons (Fsp3) is 0.857. The molecular formula is C7H14N2O. The molecule has 58 valence electrons. The number of hydrogen-bond donors (Lipinski definition) is 1. The lowest BCUT2D eigenvalue weighted by Crippen LogP contribution is -2.58. The van der Waals surface area contributed by atoms with E-state index in [0.29, 0.717) is 5.41 Å². The average molecular weight is 142 g/mol. The molecule has 3 heteroatoms. The maximum Gasteiger partial charge on any atom is 0.314 e. The molecule has 0 unspecified atom stereocenters. The molecule has 0 spiro atoms. The van der Waals surface area contributed by atoms with Crippen molar-refractivity contribution in [1.82, 2.24) is 4.90 Å². The first-order valence-electron chi connectivity index (χ1n) is 3.62. The second-order valence-corrected chi connectivity index (χ2v) is 3.36. The van der Waals surface area contributed by atoms with Crippen molar-refractivity contribution in [3.05, 3.63) is 0 Å². The molecule has 1 aliphatic rings. The highest BCUT2D eigenvalue weighted by molar-refractivity contribution is 5.73. The molecule has 1 heterocycles. The number of nitrogens with two attached hydrogens (primary N) is 1. The molecule has 0 bridgehead atoms. The lowest BCUT2D eigenvalue weighted by atomic mass is 9.80. The topological polar surface area (TPSA) is 46.3 Å². The SMILES string of the molecule is CCC1(C)CN(C(N)=O)C1. The third-order valence-electron chi connectivity index (χ3n) is 2.31. The zero-order valence-electron chi connectivity index (χ0n) is 6.55. The molecule has 2 N–H and O–H groups in total. The van der Waals surface area contributed by atoms with Crippen LogP contribution >= 0.6 is 0 Å². The Morgan fingerprint density at radius 2 is 2.20 bits per heavy atom. The van der Waals surface area contributed by atoms with E-state index in [0.717, 1.165) is 19.5 Å². The smallest absolute Gasteiger partial charge is 0.314 e. The number of nitrogens with zero attached hydrogens (tertiary/aromatic N) is 1. The number of primary amides is 1. The Hall–Kier alpha value is -0.730. The van der Waals surface area contributed by atoms with Gasteiger partial charge in [0.2, 0.25) is 0 Å². The van der Waals surface area contributed by atoms with Crippen LogP contribution in [0.15, 0.2) is 0 Å². The molecule has 1 rings (SSSR count). The maximum atomic E-state index is 10.5. The van der Waals surface area contributed by atoms with Gasteiger partial charge in [-0.3, -0.25) is 0 Å². The lowest BCUT2D eigenvalue weighted by molar-refractivity contribution is 0.0477. The Kier molecular flexibility index (Phi) is 1.58. The van der Waals surface area contributed by atoms with Crippen molar-refractivity contribution in [2.24, 2.45) is 11.1 Å². The van der Waals surface area contributed by atoms with Gasteiger partial charge in [-0.1, -0.05) is 13.8 Å². The van der Waals surface area contributed by atoms with Crippen LogP contribution in [0.25, 0.3) is 0 Å². The average Bonchev–Trinajstić information content (AvgIpc) is 1.80. The first-order valence-corrected chi connectivity index (χ1v) is 3.62. The van der Waals surface area contributed by atoms with E-state index in [1.807, 2.05) is 0 Å². The minimum Gasteiger partial charge on any atom is -0.351 e. The molecule has 1 aliphatic heterocycles. The number of rotatable bonds is 1. The highest BCUT2D eigenvalue weighted by Crippen LogP contribution is 2.32. The van der Waals surface area contributed by atoms with E-state index in [1.165, 1.54) is 0 Å². The number of carbonyl (C=O) groups is 1. The Bertz CT molecular complexity index is 150. The maximum absolute atomic E-state index is 10.5. The molecule has 2 amide bonds. The van der Waals surface area contributed by atoms with Gasteiger partial charge in [0.15, 0.2) is 0 Å². The fourth-order valence-electron chi connectivity index (χ4n) is 1.25. The van der Waals surface area contributed by atoms with E-state index in [2.05, 4.69) is 13.8 Å². The minimum atomic E-state index is -0.286. The summed E-state index contributed by atoms with van der Waals surface area (Å²) in [4.78, 5) is 12.2. The molecular weight excluding hydrogens is 128 g/mol. The molecule has 0 aromatic carbocycles. The number of likely N-dealkylation sites (tertiary alicyclic amines) is 1. The Balaban J connectivity index is 2.36. The molecule has 0 radical (unpaired) electrons. The molecule has 0 aromatic rings. The van der Waals surface area contributed by atoms with Gasteiger partial charge in [-0.2, -0.15) is 0 Å². The fourth-order valence-corrected chi connectivity index (χ4v) is 1.25. The van der Waals surface area contributed by atoms with Crippen molar-refractivity contribution in [3.8, 4) is 0 Å². The van der Waals surface area contributed by atoms with Crippen LogP contribution in [0, 0.1) is 5.41 Å². The van der Waals surface area contributed by atoms with Crippen LogP contribution in [0.2, 0.25) is 0 Å². The van der Waals surface area contributed by atoms with E-state index in [1.54, 1.807) is 4.90 Å². The molecule has 1 fully saturated rings. The molecule has 0 saturated carbocycles. The molecule has 10 heavy (non-hydrogen) atoms. The van der Waals surface area contributed by atoms with Gasteiger partial charge in [-0.05, 0) is 6.42 Å². The summed E-state index contributed by atoms with van der Waals surface area (Å²) < 4.78 is 0. The van der Waals surface area contributed by atoms with Crippen LogP contribution in [0.5, 0.6) is 0 Å². The summed E-state index contributed by atoms with van der Waals surface area (Å²) in [5, 5.41) is 0. The van der Waals surface area contributed by atoms with E-state index in [9.17, 15) is 4.79 Å². The minimum absolute atomic E-state index is 0.286. The number of hydrogen-bond acceptors (Lipinski definition) is 1. The summed E-state index contributed by atoms with van der Waals surface area (Å²) in [6.07, 6.45) is 1.12. The lowest BCUT2D eigenvalue weighted by Gasteiger charge is -2.46. The van der Waals surface area contributed by atoms with Crippen LogP contribution in [0.3, 0.4) is 0 Å². The summed E-state index contributed by atoms with van der Waals surface area (Å²) in [6, 6.07) is -0.286. The third-order valence-corrected chi connectivity index (χ3v) is 2.31. The van der Waals surface area contributed by atoms with Gasteiger partial charge in [0, 0.05) is 18.5 Å². The predicted molar refractivity (Wildman–Crippen MR) is 39.6 cm³/mol. The number of carbonyl (C=O) groups excluding carboxylic acids is 1. The normalized spacial score (nSPS) is 22.0. The van der Waals surface area contributed by atoms with Crippen LogP contribution in [0.4, 0.5) is 4.79 Å². The summed E-state index contributed by atoms with van der Waals surface area (Å²) in [7, 11) is 0. The first-order chi connectivity index (χ1) is 4.57. The zero-order chi connectivity index (χ0) is 7.78. The van der Waals surface area contributed by atoms with Crippen LogP contribution in [0.1, 0.15) is 20.3 Å². The first kappa shape index (κ1) is 7.38. The van der Waals surface area contributed by atoms with E-state index in [4.69, 9.17) is 5.73 Å².